The minimum absolute atomic E-state index is 0.0317. The van der Waals surface area contributed by atoms with Crippen molar-refractivity contribution in [2.45, 2.75) is 63.6 Å². The summed E-state index contributed by atoms with van der Waals surface area (Å²) >= 11 is 0. The summed E-state index contributed by atoms with van der Waals surface area (Å²) in [4.78, 5) is 88.1. The predicted molar refractivity (Wildman–Crippen MR) is 224 cm³/mol. The van der Waals surface area contributed by atoms with Crippen molar-refractivity contribution in [3.8, 4) is 5.75 Å². The van der Waals surface area contributed by atoms with Crippen molar-refractivity contribution < 1.29 is 37.9 Å². The van der Waals surface area contributed by atoms with E-state index in [4.69, 9.17) is 4.74 Å². The van der Waals surface area contributed by atoms with E-state index in [-0.39, 0.29) is 59.9 Å². The summed E-state index contributed by atoms with van der Waals surface area (Å²) in [6, 6.07) is 17.8. The lowest BCUT2D eigenvalue weighted by atomic mass is 9.92. The lowest BCUT2D eigenvalue weighted by Crippen LogP contribution is -2.54. The van der Waals surface area contributed by atoms with Crippen LogP contribution in [0.25, 0.3) is 0 Å². The van der Waals surface area contributed by atoms with Crippen LogP contribution in [0.2, 0.25) is 0 Å². The molecule has 5 heterocycles. The third-order valence-corrected chi connectivity index (χ3v) is 13.3. The van der Waals surface area contributed by atoms with E-state index in [0.29, 0.717) is 63.9 Å². The van der Waals surface area contributed by atoms with E-state index in [0.717, 1.165) is 47.9 Å². The van der Waals surface area contributed by atoms with E-state index in [1.165, 1.54) is 23.8 Å². The van der Waals surface area contributed by atoms with Gasteiger partial charge in [0, 0.05) is 95.0 Å². The van der Waals surface area contributed by atoms with Gasteiger partial charge in [0.1, 0.15) is 17.6 Å². The summed E-state index contributed by atoms with van der Waals surface area (Å²) in [6.45, 7) is 7.91. The maximum Gasteiger partial charge on any atom is 0.262 e. The van der Waals surface area contributed by atoms with Crippen molar-refractivity contribution in [1.82, 2.24) is 29.8 Å². The molecule has 6 amide bonds. The van der Waals surface area contributed by atoms with Gasteiger partial charge in [0.05, 0.1) is 11.1 Å². The number of anilines is 1. The van der Waals surface area contributed by atoms with E-state index in [1.54, 1.807) is 17.0 Å². The molecular weight excluding hydrogens is 782 g/mol. The van der Waals surface area contributed by atoms with Crippen molar-refractivity contribution in [2.75, 3.05) is 78.0 Å². The first-order valence-corrected chi connectivity index (χ1v) is 21.4. The molecular formula is C46H54FN7O7. The molecule has 0 aliphatic carbocycles. The van der Waals surface area contributed by atoms with E-state index in [2.05, 4.69) is 58.4 Å². The summed E-state index contributed by atoms with van der Waals surface area (Å²) in [5, 5.41) is 2.18. The number of likely N-dealkylation sites (tertiary alicyclic amines) is 2. The second-order valence-electron chi connectivity index (χ2n) is 17.3. The molecule has 15 heteroatoms. The number of aryl methyl sites for hydroxylation is 1. The summed E-state index contributed by atoms with van der Waals surface area (Å²) in [5.41, 5.74) is 4.40. The number of nitrogens with one attached hydrogen (secondary N) is 1. The van der Waals surface area contributed by atoms with Gasteiger partial charge in [-0.05, 0) is 93.7 Å². The number of imide groups is 2. The highest BCUT2D eigenvalue weighted by Gasteiger charge is 2.45. The fourth-order valence-electron chi connectivity index (χ4n) is 9.62. The SMILES string of the molecule is Cc1cccc(F)c1CN1C[C@H](c2ccc(N3CCN(C(=O)CC4CCN(C(=O)COc5ccc6c(c5)C(=O)N(C5CCC(=O)NC5=O)C6=O)CC4)CC3)cc2)[C@@H](N(C)C)C1. The molecule has 8 rings (SSSR count). The lowest BCUT2D eigenvalue weighted by Gasteiger charge is -2.37. The summed E-state index contributed by atoms with van der Waals surface area (Å²) in [5.74, 6) is -1.83. The third-order valence-electron chi connectivity index (χ3n) is 13.3. The highest BCUT2D eigenvalue weighted by atomic mass is 19.1. The Hall–Kier alpha value is -5.67. The van der Waals surface area contributed by atoms with Crippen LogP contribution in [-0.2, 0) is 25.7 Å². The van der Waals surface area contributed by atoms with Gasteiger partial charge in [-0.15, -0.1) is 0 Å². The minimum Gasteiger partial charge on any atom is -0.484 e. The van der Waals surface area contributed by atoms with E-state index >= 15 is 0 Å². The van der Waals surface area contributed by atoms with Crippen molar-refractivity contribution in [1.29, 1.82) is 0 Å². The van der Waals surface area contributed by atoms with Gasteiger partial charge in [0.15, 0.2) is 6.61 Å². The molecule has 61 heavy (non-hydrogen) atoms. The first-order valence-electron chi connectivity index (χ1n) is 21.4. The molecule has 14 nitrogen and oxygen atoms in total. The number of piperidine rings is 2. The van der Waals surface area contributed by atoms with Crippen molar-refractivity contribution >= 4 is 41.1 Å². The largest absolute Gasteiger partial charge is 0.484 e. The Balaban J connectivity index is 0.763. The Kier molecular flexibility index (Phi) is 12.2. The fraction of sp³-hybridized carbons (Fsp3) is 0.478. The van der Waals surface area contributed by atoms with Gasteiger partial charge in [-0.25, -0.2) is 4.39 Å². The average Bonchev–Trinajstić information content (AvgIpc) is 3.79. The number of rotatable bonds is 11. The fourth-order valence-corrected chi connectivity index (χ4v) is 9.62. The average molecular weight is 836 g/mol. The monoisotopic (exact) mass is 835 g/mol. The molecule has 0 radical (unpaired) electrons. The lowest BCUT2D eigenvalue weighted by molar-refractivity contribution is -0.137. The Morgan fingerprint density at radius 1 is 0.820 bits per heavy atom. The number of hydrogen-bond donors (Lipinski definition) is 1. The number of ether oxygens (including phenoxy) is 1. The number of amides is 6. The molecule has 1 unspecified atom stereocenters. The van der Waals surface area contributed by atoms with E-state index in [9.17, 15) is 33.2 Å². The highest BCUT2D eigenvalue weighted by molar-refractivity contribution is 6.23. The molecule has 4 fully saturated rings. The molecule has 3 atom stereocenters. The first-order chi connectivity index (χ1) is 29.3. The van der Waals surface area contributed by atoms with Crippen molar-refractivity contribution in [3.63, 3.8) is 0 Å². The Bertz CT molecular complexity index is 2180. The highest BCUT2D eigenvalue weighted by Crippen LogP contribution is 2.34. The molecule has 3 aromatic rings. The number of hydrogen-bond acceptors (Lipinski definition) is 10. The van der Waals surface area contributed by atoms with Gasteiger partial charge >= 0.3 is 0 Å². The van der Waals surface area contributed by atoms with Crippen LogP contribution in [0.1, 0.15) is 75.4 Å². The van der Waals surface area contributed by atoms with Crippen LogP contribution in [0.5, 0.6) is 5.75 Å². The van der Waals surface area contributed by atoms with Crippen LogP contribution in [0.4, 0.5) is 10.1 Å². The molecule has 4 saturated heterocycles. The van der Waals surface area contributed by atoms with Gasteiger partial charge in [-0.2, -0.15) is 0 Å². The Morgan fingerprint density at radius 3 is 2.21 bits per heavy atom. The van der Waals surface area contributed by atoms with Gasteiger partial charge in [0.2, 0.25) is 17.7 Å². The van der Waals surface area contributed by atoms with Gasteiger partial charge in [-0.1, -0.05) is 24.3 Å². The number of piperazine rings is 1. The standard InChI is InChI=1S/C46H54FN7O7/c1-29-5-4-6-38(47)36(29)25-50-26-37(40(27-50)49(2)3)31-7-9-32(10-8-31)51-19-21-53(22-20-51)42(56)23-30-15-17-52(18-16-30)43(57)28-61-33-11-12-34-35(24-33)46(60)54(45(34)59)39-13-14-41(55)48-44(39)58/h4-12,24,30,37,39-40H,13-23,25-28H2,1-3H3,(H,48,55,58)/t37-,39?,40+/m1/s1. The van der Waals surface area contributed by atoms with Crippen LogP contribution in [0.15, 0.2) is 60.7 Å². The minimum atomic E-state index is -1.06. The second kappa shape index (κ2) is 17.7. The first kappa shape index (κ1) is 42.0. The van der Waals surface area contributed by atoms with Gasteiger partial charge in [-0.3, -0.25) is 43.9 Å². The van der Waals surface area contributed by atoms with Crippen molar-refractivity contribution in [3.05, 3.63) is 94.3 Å². The smallest absolute Gasteiger partial charge is 0.262 e. The normalized spacial score (nSPS) is 22.6. The third kappa shape index (κ3) is 8.89. The number of likely N-dealkylation sites (N-methyl/N-ethyl adjacent to an activating group) is 1. The summed E-state index contributed by atoms with van der Waals surface area (Å²) < 4.78 is 20.4. The van der Waals surface area contributed by atoms with Gasteiger partial charge < -0.3 is 24.3 Å². The Labute approximate surface area is 355 Å². The molecule has 322 valence electrons. The van der Waals surface area contributed by atoms with Crippen LogP contribution in [0.3, 0.4) is 0 Å². The molecule has 0 aromatic heterocycles. The summed E-state index contributed by atoms with van der Waals surface area (Å²) in [6.07, 6.45) is 1.97. The number of benzene rings is 3. The molecule has 5 aliphatic heterocycles. The van der Waals surface area contributed by atoms with Crippen LogP contribution >= 0.6 is 0 Å². The molecule has 0 saturated carbocycles. The van der Waals surface area contributed by atoms with E-state index in [1.807, 2.05) is 17.9 Å². The van der Waals surface area contributed by atoms with Gasteiger partial charge in [0.25, 0.3) is 17.7 Å². The Morgan fingerprint density at radius 2 is 1.52 bits per heavy atom. The molecule has 5 aliphatic rings. The molecule has 1 N–H and O–H groups in total. The van der Waals surface area contributed by atoms with Crippen LogP contribution < -0.4 is 15.0 Å². The number of carbonyl (C=O) groups is 6. The molecule has 0 bridgehead atoms. The number of halogens is 1. The van der Waals surface area contributed by atoms with Crippen molar-refractivity contribution in [2.24, 2.45) is 5.92 Å². The zero-order valence-corrected chi connectivity index (χ0v) is 35.1. The zero-order valence-electron chi connectivity index (χ0n) is 35.1. The molecule has 3 aromatic carbocycles. The molecule has 0 spiro atoms. The maximum atomic E-state index is 14.7. The predicted octanol–water partition coefficient (Wildman–Crippen LogP) is 3.42. The quantitative estimate of drug-likeness (QED) is 0.286. The maximum absolute atomic E-state index is 14.7. The van der Waals surface area contributed by atoms with Crippen LogP contribution in [0, 0.1) is 18.7 Å². The number of fused-ring (bicyclic) bond motifs is 1. The topological polar surface area (TPSA) is 143 Å². The second-order valence-corrected chi connectivity index (χ2v) is 17.3. The summed E-state index contributed by atoms with van der Waals surface area (Å²) in [7, 11) is 4.23. The number of carbonyl (C=O) groups excluding carboxylic acids is 6. The van der Waals surface area contributed by atoms with E-state index < -0.39 is 29.7 Å². The zero-order chi connectivity index (χ0) is 42.9. The van der Waals surface area contributed by atoms with Crippen LogP contribution in [-0.4, -0.2) is 145 Å². The number of nitrogens with zero attached hydrogens (tertiary/aromatic N) is 6.